The van der Waals surface area contributed by atoms with Crippen molar-refractivity contribution in [2.45, 2.75) is 12.8 Å². The van der Waals surface area contributed by atoms with Gasteiger partial charge in [0.15, 0.2) is 0 Å². The fourth-order valence-electron chi connectivity index (χ4n) is 1.93. The highest BCUT2D eigenvalue weighted by atomic mass is 32.1. The van der Waals surface area contributed by atoms with Crippen molar-refractivity contribution >= 4 is 37.1 Å². The molecule has 0 bridgehead atoms. The van der Waals surface area contributed by atoms with Crippen LogP contribution in [0.25, 0.3) is 0 Å². The van der Waals surface area contributed by atoms with Crippen LogP contribution < -0.4 is 11.5 Å². The average Bonchev–Trinajstić information content (AvgIpc) is 2.29. The van der Waals surface area contributed by atoms with E-state index in [1.54, 1.807) is 12.1 Å². The van der Waals surface area contributed by atoms with Crippen molar-refractivity contribution < 1.29 is 9.59 Å². The maximum Gasteiger partial charge on any atom is 0.249 e. The van der Waals surface area contributed by atoms with Gasteiger partial charge in [0.05, 0.1) is 0 Å². The van der Waals surface area contributed by atoms with Gasteiger partial charge in [0.2, 0.25) is 11.8 Å². The van der Waals surface area contributed by atoms with Crippen LogP contribution in [0.5, 0.6) is 0 Å². The highest BCUT2D eigenvalue weighted by molar-refractivity contribution is 7.80. The molecule has 2 amide bonds. The molecule has 18 heavy (non-hydrogen) atoms. The van der Waals surface area contributed by atoms with Crippen LogP contribution in [0.3, 0.4) is 0 Å². The first-order chi connectivity index (χ1) is 8.52. The summed E-state index contributed by atoms with van der Waals surface area (Å²) in [6.45, 7) is 0. The Morgan fingerprint density at radius 2 is 1.61 bits per heavy atom. The van der Waals surface area contributed by atoms with E-state index in [1.165, 1.54) is 0 Å². The summed E-state index contributed by atoms with van der Waals surface area (Å²) in [6, 6.07) is 3.34. The molecule has 0 aromatic heterocycles. The molecule has 0 aliphatic heterocycles. The molecule has 0 radical (unpaired) electrons. The first-order valence-electron chi connectivity index (χ1n) is 5.49. The molecule has 0 aliphatic carbocycles. The van der Waals surface area contributed by atoms with Gasteiger partial charge in [-0.2, -0.15) is 25.3 Å². The lowest BCUT2D eigenvalue weighted by Crippen LogP contribution is -2.22. The minimum absolute atomic E-state index is 0.334. The molecule has 0 fully saturated rings. The van der Waals surface area contributed by atoms with Gasteiger partial charge in [0.25, 0.3) is 0 Å². The lowest BCUT2D eigenvalue weighted by atomic mass is 9.92. The molecular weight excluding hydrogens is 268 g/mol. The highest BCUT2D eigenvalue weighted by Crippen LogP contribution is 2.21. The number of primary amides is 2. The molecule has 0 heterocycles. The summed E-state index contributed by atoms with van der Waals surface area (Å²) < 4.78 is 0. The van der Waals surface area contributed by atoms with Gasteiger partial charge < -0.3 is 11.5 Å². The zero-order valence-electron chi connectivity index (χ0n) is 9.85. The van der Waals surface area contributed by atoms with E-state index in [0.29, 0.717) is 41.0 Å². The molecular formula is C12H16N2O2S2. The molecule has 0 spiro atoms. The Kier molecular flexibility index (Phi) is 5.55. The molecule has 0 saturated heterocycles. The van der Waals surface area contributed by atoms with Crippen LogP contribution in [0.1, 0.15) is 31.8 Å². The van der Waals surface area contributed by atoms with E-state index in [4.69, 9.17) is 11.5 Å². The minimum atomic E-state index is -0.563. The number of carbonyl (C=O) groups is 2. The number of nitrogens with two attached hydrogens (primary N) is 2. The van der Waals surface area contributed by atoms with Gasteiger partial charge in [-0.1, -0.05) is 6.07 Å². The first kappa shape index (κ1) is 14.9. The fourth-order valence-corrected chi connectivity index (χ4v) is 2.40. The predicted octanol–water partition coefficient (Wildman–Crippen LogP) is 0.829. The number of hydrogen-bond donors (Lipinski definition) is 4. The van der Waals surface area contributed by atoms with Gasteiger partial charge in [0, 0.05) is 11.1 Å². The molecule has 6 heteroatoms. The maximum atomic E-state index is 11.6. The fraction of sp³-hybridized carbons (Fsp3) is 0.333. The van der Waals surface area contributed by atoms with Gasteiger partial charge in [-0.3, -0.25) is 9.59 Å². The Morgan fingerprint density at radius 3 is 2.06 bits per heavy atom. The van der Waals surface area contributed by atoms with E-state index in [0.717, 1.165) is 5.56 Å². The van der Waals surface area contributed by atoms with E-state index >= 15 is 0 Å². The van der Waals surface area contributed by atoms with Gasteiger partial charge in [-0.05, 0) is 41.5 Å². The molecule has 4 N–H and O–H groups in total. The van der Waals surface area contributed by atoms with Gasteiger partial charge in [-0.25, -0.2) is 0 Å². The van der Waals surface area contributed by atoms with Gasteiger partial charge in [0.1, 0.15) is 0 Å². The van der Waals surface area contributed by atoms with Crippen molar-refractivity contribution in [2.24, 2.45) is 11.5 Å². The van der Waals surface area contributed by atoms with Crippen molar-refractivity contribution in [3.63, 3.8) is 0 Å². The summed E-state index contributed by atoms with van der Waals surface area (Å²) in [5.74, 6) is -0.0140. The van der Waals surface area contributed by atoms with Crippen LogP contribution in [-0.4, -0.2) is 23.3 Å². The third-order valence-corrected chi connectivity index (χ3v) is 3.10. The van der Waals surface area contributed by atoms with E-state index in [9.17, 15) is 9.59 Å². The van der Waals surface area contributed by atoms with Crippen molar-refractivity contribution in [1.29, 1.82) is 0 Å². The topological polar surface area (TPSA) is 86.2 Å². The molecule has 4 nitrogen and oxygen atoms in total. The Balaban J connectivity index is 3.48. The second-order valence-electron chi connectivity index (χ2n) is 3.80. The number of thiol groups is 2. The standard InChI is InChI=1S/C12H16N2O2S2/c13-11(15)9-2-1-7(3-5-17)10(12(14)16)8(9)4-6-18/h1-2,17-18H,3-6H2,(H2,13,15)(H2,14,16). The van der Waals surface area contributed by atoms with E-state index < -0.39 is 11.8 Å². The monoisotopic (exact) mass is 284 g/mol. The van der Waals surface area contributed by atoms with Gasteiger partial charge in [-0.15, -0.1) is 0 Å². The van der Waals surface area contributed by atoms with E-state index in [2.05, 4.69) is 25.3 Å². The summed E-state index contributed by atoms with van der Waals surface area (Å²) in [5.41, 5.74) is 12.8. The average molecular weight is 284 g/mol. The Labute approximate surface area is 117 Å². The van der Waals surface area contributed by atoms with Crippen LogP contribution in [-0.2, 0) is 12.8 Å². The van der Waals surface area contributed by atoms with Crippen molar-refractivity contribution in [3.8, 4) is 0 Å². The normalized spacial score (nSPS) is 10.3. The van der Waals surface area contributed by atoms with E-state index in [1.807, 2.05) is 0 Å². The third-order valence-electron chi connectivity index (χ3n) is 2.65. The molecule has 1 rings (SSSR count). The second kappa shape index (κ2) is 6.70. The van der Waals surface area contributed by atoms with Crippen LogP contribution in [0.2, 0.25) is 0 Å². The number of aryl methyl sites for hydroxylation is 1. The van der Waals surface area contributed by atoms with Crippen LogP contribution in [0.4, 0.5) is 0 Å². The van der Waals surface area contributed by atoms with Crippen LogP contribution in [0, 0.1) is 0 Å². The molecule has 98 valence electrons. The number of benzene rings is 1. The summed E-state index contributed by atoms with van der Waals surface area (Å²) in [5, 5.41) is 0. The zero-order valence-corrected chi connectivity index (χ0v) is 11.6. The quantitative estimate of drug-likeness (QED) is 0.583. The minimum Gasteiger partial charge on any atom is -0.366 e. The predicted molar refractivity (Wildman–Crippen MR) is 78.6 cm³/mol. The lowest BCUT2D eigenvalue weighted by Gasteiger charge is -2.14. The SMILES string of the molecule is NC(=O)c1ccc(CCS)c(C(N)=O)c1CCS. The molecule has 0 unspecified atom stereocenters. The number of amides is 2. The molecule has 0 aliphatic rings. The van der Waals surface area contributed by atoms with Crippen LogP contribution >= 0.6 is 25.3 Å². The molecule has 1 aromatic rings. The second-order valence-corrected chi connectivity index (χ2v) is 4.70. The maximum absolute atomic E-state index is 11.6. The number of carbonyl (C=O) groups excluding carboxylic acids is 2. The molecule has 0 atom stereocenters. The Bertz CT molecular complexity index is 475. The van der Waals surface area contributed by atoms with Crippen molar-refractivity contribution in [1.82, 2.24) is 0 Å². The summed E-state index contributed by atoms with van der Waals surface area (Å²) in [7, 11) is 0. The first-order valence-corrected chi connectivity index (χ1v) is 6.75. The summed E-state index contributed by atoms with van der Waals surface area (Å²) >= 11 is 8.27. The largest absolute Gasteiger partial charge is 0.366 e. The zero-order chi connectivity index (χ0) is 13.7. The number of rotatable bonds is 6. The van der Waals surface area contributed by atoms with Crippen molar-refractivity contribution in [2.75, 3.05) is 11.5 Å². The summed E-state index contributed by atoms with van der Waals surface area (Å²) in [4.78, 5) is 23.0. The Hall–Kier alpha value is -1.14. The smallest absolute Gasteiger partial charge is 0.249 e. The van der Waals surface area contributed by atoms with Crippen LogP contribution in [0.15, 0.2) is 12.1 Å². The lowest BCUT2D eigenvalue weighted by molar-refractivity contribution is 0.0998. The van der Waals surface area contributed by atoms with Crippen molar-refractivity contribution in [3.05, 3.63) is 34.4 Å². The van der Waals surface area contributed by atoms with E-state index in [-0.39, 0.29) is 0 Å². The Morgan fingerprint density at radius 1 is 1.00 bits per heavy atom. The third kappa shape index (κ3) is 3.20. The number of hydrogen-bond acceptors (Lipinski definition) is 4. The van der Waals surface area contributed by atoms with Gasteiger partial charge >= 0.3 is 0 Å². The molecule has 0 saturated carbocycles. The summed E-state index contributed by atoms with van der Waals surface area (Å²) in [6.07, 6.45) is 1.08. The highest BCUT2D eigenvalue weighted by Gasteiger charge is 2.19. The molecule has 1 aromatic carbocycles.